The topological polar surface area (TPSA) is 86.2 Å². The lowest BCUT2D eigenvalue weighted by molar-refractivity contribution is -0.132. The number of rotatable bonds is 7. The fourth-order valence-corrected chi connectivity index (χ4v) is 4.66. The van der Waals surface area contributed by atoms with Crippen LogP contribution >= 0.6 is 0 Å². The van der Waals surface area contributed by atoms with Crippen molar-refractivity contribution in [3.8, 4) is 17.7 Å². The van der Waals surface area contributed by atoms with Gasteiger partial charge in [0.15, 0.2) is 0 Å². The van der Waals surface area contributed by atoms with Crippen molar-refractivity contribution in [3.05, 3.63) is 23.4 Å². The molecule has 1 aliphatic carbocycles. The predicted octanol–water partition coefficient (Wildman–Crippen LogP) is 2.25. The molecule has 1 aromatic rings. The zero-order valence-electron chi connectivity index (χ0n) is 21.8. The zero-order chi connectivity index (χ0) is 25.5. The normalized spacial score (nSPS) is 21.5. The largest absolute Gasteiger partial charge is 0.472 e. The number of aromatic nitrogens is 1. The van der Waals surface area contributed by atoms with Gasteiger partial charge in [0.2, 0.25) is 11.8 Å². The summed E-state index contributed by atoms with van der Waals surface area (Å²) in [5.41, 5.74) is 1.02. The van der Waals surface area contributed by atoms with E-state index in [1.54, 1.807) is 29.1 Å². The number of likely N-dealkylation sites (N-methyl/N-ethyl adjacent to an activating group) is 2. The number of carbonyl (C=O) groups is 2. The van der Waals surface area contributed by atoms with Gasteiger partial charge in [-0.3, -0.25) is 9.59 Å². The van der Waals surface area contributed by atoms with Crippen molar-refractivity contribution in [1.29, 1.82) is 0 Å². The second-order valence-electron chi connectivity index (χ2n) is 10.4. The Morgan fingerprint density at radius 1 is 1.31 bits per heavy atom. The van der Waals surface area contributed by atoms with Gasteiger partial charge < -0.3 is 24.5 Å². The molecule has 1 saturated carbocycles. The van der Waals surface area contributed by atoms with Crippen LogP contribution in [0.3, 0.4) is 0 Å². The van der Waals surface area contributed by atoms with E-state index in [0.717, 1.165) is 6.42 Å². The average molecular weight is 485 g/mol. The number of amides is 2. The minimum atomic E-state index is -0.363. The Balaban J connectivity index is 1.87. The molecule has 2 heterocycles. The van der Waals surface area contributed by atoms with Gasteiger partial charge in [0, 0.05) is 37.7 Å². The molecular weight excluding hydrogens is 444 g/mol. The maximum absolute atomic E-state index is 13.5. The van der Waals surface area contributed by atoms with Crippen molar-refractivity contribution in [2.24, 2.45) is 11.8 Å². The van der Waals surface area contributed by atoms with Crippen LogP contribution in [0.2, 0.25) is 0 Å². The van der Waals surface area contributed by atoms with Crippen LogP contribution in [0.4, 0.5) is 0 Å². The Bertz CT molecular complexity index is 948. The highest BCUT2D eigenvalue weighted by molar-refractivity contribution is 5.97. The van der Waals surface area contributed by atoms with E-state index >= 15 is 0 Å². The van der Waals surface area contributed by atoms with Gasteiger partial charge in [-0.25, -0.2) is 4.98 Å². The maximum Gasteiger partial charge on any atom is 0.259 e. The van der Waals surface area contributed by atoms with Crippen molar-refractivity contribution in [1.82, 2.24) is 19.7 Å². The summed E-state index contributed by atoms with van der Waals surface area (Å²) in [6, 6.07) is 1.39. The number of hydrogen-bond acceptors (Lipinski definition) is 6. The van der Waals surface area contributed by atoms with Crippen LogP contribution in [0.1, 0.15) is 61.9 Å². The standard InChI is InChI=1S/C27H40N4O4/c1-19-15-31(20(2)18-32)27(34)23-13-22(12-8-11-21-9-6-7-10-21)14-28-26(23)35-24(19)16-30(5)25(33)17-29(3)4/h13-14,19-21,24,32H,6-7,9-11,15-18H2,1-5H3/t19-,20+,24-/m0/s1. The lowest BCUT2D eigenvalue weighted by atomic mass is 9.99. The summed E-state index contributed by atoms with van der Waals surface area (Å²) >= 11 is 0. The van der Waals surface area contributed by atoms with Crippen LogP contribution in [0.5, 0.6) is 5.88 Å². The first-order valence-corrected chi connectivity index (χ1v) is 12.7. The van der Waals surface area contributed by atoms with Gasteiger partial charge in [-0.15, -0.1) is 0 Å². The summed E-state index contributed by atoms with van der Waals surface area (Å²) in [4.78, 5) is 35.7. The predicted molar refractivity (Wildman–Crippen MR) is 135 cm³/mol. The van der Waals surface area contributed by atoms with E-state index in [9.17, 15) is 14.7 Å². The molecule has 3 atom stereocenters. The number of nitrogens with zero attached hydrogens (tertiary/aromatic N) is 4. The number of ether oxygens (including phenoxy) is 1. The number of aliphatic hydroxyl groups excluding tert-OH is 1. The summed E-state index contributed by atoms with van der Waals surface area (Å²) in [7, 11) is 5.47. The van der Waals surface area contributed by atoms with Crippen molar-refractivity contribution in [3.63, 3.8) is 0 Å². The molecule has 1 aromatic heterocycles. The van der Waals surface area contributed by atoms with E-state index in [2.05, 4.69) is 16.8 Å². The summed E-state index contributed by atoms with van der Waals surface area (Å²) < 4.78 is 6.27. The van der Waals surface area contributed by atoms with Crippen molar-refractivity contribution in [2.45, 2.75) is 58.1 Å². The van der Waals surface area contributed by atoms with Crippen LogP contribution in [0.25, 0.3) is 0 Å². The number of fused-ring (bicyclic) bond motifs is 1. The highest BCUT2D eigenvalue weighted by atomic mass is 16.5. The summed E-state index contributed by atoms with van der Waals surface area (Å²) in [6.45, 7) is 4.75. The van der Waals surface area contributed by atoms with E-state index < -0.39 is 0 Å². The molecular formula is C27H40N4O4. The van der Waals surface area contributed by atoms with E-state index in [0.29, 0.717) is 36.7 Å². The van der Waals surface area contributed by atoms with Crippen molar-refractivity contribution < 1.29 is 19.4 Å². The van der Waals surface area contributed by atoms with Gasteiger partial charge in [-0.2, -0.15) is 0 Å². The first-order valence-electron chi connectivity index (χ1n) is 12.7. The Hall–Kier alpha value is -2.63. The molecule has 1 N–H and O–H groups in total. The summed E-state index contributed by atoms with van der Waals surface area (Å²) in [5, 5.41) is 9.82. The third-order valence-electron chi connectivity index (χ3n) is 6.95. The Morgan fingerprint density at radius 2 is 2.03 bits per heavy atom. The Kier molecular flexibility index (Phi) is 9.53. The molecule has 0 saturated heterocycles. The third kappa shape index (κ3) is 7.18. The first-order chi connectivity index (χ1) is 16.7. The molecule has 0 aromatic carbocycles. The van der Waals surface area contributed by atoms with Crippen LogP contribution < -0.4 is 4.74 Å². The molecule has 0 unspecified atom stereocenters. The number of aliphatic hydroxyl groups is 1. The SMILES string of the molecule is C[C@H](CO)N1C[C@H](C)[C@H](CN(C)C(=O)CN(C)C)Oc2ncc(C#CCC3CCCC3)cc2C1=O. The molecule has 3 rings (SSSR count). The van der Waals surface area contributed by atoms with Gasteiger partial charge in [-0.05, 0) is 45.8 Å². The zero-order valence-corrected chi connectivity index (χ0v) is 21.8. The van der Waals surface area contributed by atoms with Crippen molar-refractivity contribution in [2.75, 3.05) is 47.4 Å². The number of hydrogen-bond donors (Lipinski definition) is 1. The number of carbonyl (C=O) groups excluding carboxylic acids is 2. The van der Waals surface area contributed by atoms with Crippen LogP contribution in [-0.4, -0.2) is 96.1 Å². The van der Waals surface area contributed by atoms with Crippen LogP contribution in [0.15, 0.2) is 12.3 Å². The Morgan fingerprint density at radius 3 is 2.69 bits per heavy atom. The Labute approximate surface area is 209 Å². The minimum absolute atomic E-state index is 0.00872. The number of pyridine rings is 1. The van der Waals surface area contributed by atoms with Crippen LogP contribution in [0, 0.1) is 23.7 Å². The van der Waals surface area contributed by atoms with E-state index in [4.69, 9.17) is 4.74 Å². The van der Waals surface area contributed by atoms with Gasteiger partial charge in [-0.1, -0.05) is 31.6 Å². The smallest absolute Gasteiger partial charge is 0.259 e. The maximum atomic E-state index is 13.5. The van der Waals surface area contributed by atoms with E-state index in [1.807, 2.05) is 32.8 Å². The minimum Gasteiger partial charge on any atom is -0.472 e. The van der Waals surface area contributed by atoms with E-state index in [-0.39, 0.29) is 42.4 Å². The highest BCUT2D eigenvalue weighted by Crippen LogP contribution is 2.28. The third-order valence-corrected chi connectivity index (χ3v) is 6.95. The summed E-state index contributed by atoms with van der Waals surface area (Å²) in [6.07, 6.45) is 7.20. The lowest BCUT2D eigenvalue weighted by Gasteiger charge is -2.37. The molecule has 1 aliphatic heterocycles. The molecule has 8 heteroatoms. The highest BCUT2D eigenvalue weighted by Gasteiger charge is 2.34. The van der Waals surface area contributed by atoms with E-state index in [1.165, 1.54) is 25.7 Å². The van der Waals surface area contributed by atoms with Gasteiger partial charge in [0.05, 0.1) is 25.7 Å². The molecule has 0 radical (unpaired) electrons. The molecule has 0 bridgehead atoms. The fourth-order valence-electron chi connectivity index (χ4n) is 4.66. The monoisotopic (exact) mass is 484 g/mol. The molecule has 0 spiro atoms. The molecule has 1 fully saturated rings. The van der Waals surface area contributed by atoms with Gasteiger partial charge in [0.1, 0.15) is 11.7 Å². The first kappa shape index (κ1) is 27.0. The molecule has 2 aliphatic rings. The van der Waals surface area contributed by atoms with Crippen molar-refractivity contribution >= 4 is 11.8 Å². The lowest BCUT2D eigenvalue weighted by Crippen LogP contribution is -2.51. The van der Waals surface area contributed by atoms with Crippen LogP contribution in [-0.2, 0) is 4.79 Å². The molecule has 8 nitrogen and oxygen atoms in total. The second-order valence-corrected chi connectivity index (χ2v) is 10.4. The fraction of sp³-hybridized carbons (Fsp3) is 0.667. The second kappa shape index (κ2) is 12.4. The molecule has 35 heavy (non-hydrogen) atoms. The van der Waals surface area contributed by atoms with Gasteiger partial charge >= 0.3 is 0 Å². The van der Waals surface area contributed by atoms with Gasteiger partial charge in [0.25, 0.3) is 5.91 Å². The molecule has 192 valence electrons. The quantitative estimate of drug-likeness (QED) is 0.598. The average Bonchev–Trinajstić information content (AvgIpc) is 3.34. The molecule has 2 amide bonds. The summed E-state index contributed by atoms with van der Waals surface area (Å²) in [5.74, 6) is 7.04.